The van der Waals surface area contributed by atoms with Crippen molar-refractivity contribution in [2.75, 3.05) is 5.32 Å². The van der Waals surface area contributed by atoms with E-state index in [0.717, 1.165) is 36.1 Å². The first-order valence-corrected chi connectivity index (χ1v) is 10.5. The Balaban J connectivity index is 1.82. The fraction of sp³-hybridized carbons (Fsp3) is 0.333. The van der Waals surface area contributed by atoms with Crippen molar-refractivity contribution in [3.8, 4) is 0 Å². The molecule has 0 aliphatic heterocycles. The Hall–Kier alpha value is -3.00. The van der Waals surface area contributed by atoms with Crippen LogP contribution in [0.2, 0.25) is 0 Å². The monoisotopic (exact) mass is 410 g/mol. The molecular weight excluding hydrogens is 388 g/mol. The maximum absolute atomic E-state index is 13.2. The number of amides is 2. The van der Waals surface area contributed by atoms with Crippen molar-refractivity contribution in [1.29, 1.82) is 0 Å². The van der Waals surface area contributed by atoms with E-state index in [1.54, 1.807) is 24.3 Å². The summed E-state index contributed by atoms with van der Waals surface area (Å²) in [6.45, 7) is 3.67. The van der Waals surface area contributed by atoms with E-state index < -0.39 is 11.8 Å². The van der Waals surface area contributed by atoms with E-state index in [-0.39, 0.29) is 17.3 Å². The van der Waals surface area contributed by atoms with Crippen LogP contribution in [0.1, 0.15) is 64.0 Å². The molecule has 7 nitrogen and oxygen atoms in total. The predicted octanol–water partition coefficient (Wildman–Crippen LogP) is 3.27. The van der Waals surface area contributed by atoms with Crippen molar-refractivity contribution in [2.24, 2.45) is 5.73 Å². The van der Waals surface area contributed by atoms with Crippen LogP contribution in [0.15, 0.2) is 29.1 Å². The molecule has 0 spiro atoms. The Morgan fingerprint density at radius 3 is 2.55 bits per heavy atom. The molecule has 0 fully saturated rings. The van der Waals surface area contributed by atoms with Crippen LogP contribution in [-0.2, 0) is 12.8 Å². The number of rotatable bonds is 4. The van der Waals surface area contributed by atoms with E-state index in [0.29, 0.717) is 21.3 Å². The summed E-state index contributed by atoms with van der Waals surface area (Å²) in [6.07, 6.45) is 3.74. The molecule has 1 aromatic carbocycles. The number of hydrogen-bond acceptors (Lipinski definition) is 5. The lowest BCUT2D eigenvalue weighted by Gasteiger charge is -2.13. The van der Waals surface area contributed by atoms with Crippen LogP contribution in [0.3, 0.4) is 0 Å². The standard InChI is InChI=1S/C21H22N4O3S/c1-11(2)25-21(28)13-8-4-3-7-12(13)17(24-25)19(27)23-20-16(18(22)26)14-9-5-6-10-15(14)29-20/h3-4,7-8,11H,5-6,9-10H2,1-2H3,(H2,22,26)(H,23,27). The zero-order valence-corrected chi connectivity index (χ0v) is 17.1. The molecule has 0 radical (unpaired) electrons. The van der Waals surface area contributed by atoms with Crippen LogP contribution in [0.4, 0.5) is 5.00 Å². The maximum Gasteiger partial charge on any atom is 0.277 e. The van der Waals surface area contributed by atoms with Gasteiger partial charge in [-0.15, -0.1) is 11.3 Å². The Morgan fingerprint density at radius 2 is 1.86 bits per heavy atom. The second kappa shape index (κ2) is 7.44. The molecule has 29 heavy (non-hydrogen) atoms. The molecule has 0 unspecified atom stereocenters. The molecule has 3 N–H and O–H groups in total. The summed E-state index contributed by atoms with van der Waals surface area (Å²) in [5.41, 5.74) is 6.89. The Kier molecular flexibility index (Phi) is 4.96. The molecule has 150 valence electrons. The highest BCUT2D eigenvalue weighted by molar-refractivity contribution is 7.17. The van der Waals surface area contributed by atoms with E-state index in [1.807, 2.05) is 13.8 Å². The van der Waals surface area contributed by atoms with Crippen molar-refractivity contribution in [1.82, 2.24) is 9.78 Å². The van der Waals surface area contributed by atoms with Gasteiger partial charge in [-0.25, -0.2) is 4.68 Å². The van der Waals surface area contributed by atoms with Crippen molar-refractivity contribution < 1.29 is 9.59 Å². The largest absolute Gasteiger partial charge is 0.365 e. The van der Waals surface area contributed by atoms with Crippen LogP contribution in [0, 0.1) is 0 Å². The third-order valence-corrected chi connectivity index (χ3v) is 6.38. The number of carbonyl (C=O) groups excluding carboxylic acids is 2. The minimum absolute atomic E-state index is 0.149. The SMILES string of the molecule is CC(C)n1nc(C(=O)Nc2sc3c(c2C(N)=O)CCCC3)c2ccccc2c1=O. The molecule has 1 aliphatic carbocycles. The molecule has 2 heterocycles. The smallest absolute Gasteiger partial charge is 0.277 e. The van der Waals surface area contributed by atoms with Crippen LogP contribution in [-0.4, -0.2) is 21.6 Å². The molecule has 0 bridgehead atoms. The molecule has 1 aliphatic rings. The number of primary amides is 1. The average Bonchev–Trinajstić information content (AvgIpc) is 3.06. The topological polar surface area (TPSA) is 107 Å². The minimum Gasteiger partial charge on any atom is -0.365 e. The number of anilines is 1. The fourth-order valence-electron chi connectivity index (χ4n) is 3.80. The average molecular weight is 410 g/mol. The first-order chi connectivity index (χ1) is 13.9. The van der Waals surface area contributed by atoms with Gasteiger partial charge in [0, 0.05) is 10.3 Å². The van der Waals surface area contributed by atoms with Crippen LogP contribution in [0.25, 0.3) is 10.8 Å². The van der Waals surface area contributed by atoms with Crippen molar-refractivity contribution in [3.63, 3.8) is 0 Å². The minimum atomic E-state index is -0.537. The van der Waals surface area contributed by atoms with Crippen LogP contribution in [0.5, 0.6) is 0 Å². The Labute approximate surface area is 171 Å². The zero-order valence-electron chi connectivity index (χ0n) is 16.3. The highest BCUT2D eigenvalue weighted by atomic mass is 32.1. The zero-order chi connectivity index (χ0) is 20.7. The van der Waals surface area contributed by atoms with Crippen molar-refractivity contribution in [2.45, 2.75) is 45.6 Å². The lowest BCUT2D eigenvalue weighted by atomic mass is 9.95. The van der Waals surface area contributed by atoms with E-state index >= 15 is 0 Å². The van der Waals surface area contributed by atoms with Crippen molar-refractivity contribution in [3.05, 3.63) is 56.3 Å². The van der Waals surface area contributed by atoms with Gasteiger partial charge in [-0.1, -0.05) is 18.2 Å². The van der Waals surface area contributed by atoms with Gasteiger partial charge in [-0.2, -0.15) is 5.10 Å². The molecule has 2 amide bonds. The van der Waals surface area contributed by atoms with Gasteiger partial charge in [0.05, 0.1) is 17.0 Å². The number of benzene rings is 1. The summed E-state index contributed by atoms with van der Waals surface area (Å²) >= 11 is 1.40. The second-order valence-corrected chi connectivity index (χ2v) is 8.58. The maximum atomic E-state index is 13.2. The summed E-state index contributed by atoms with van der Waals surface area (Å²) in [5.74, 6) is -0.999. The molecule has 0 saturated carbocycles. The summed E-state index contributed by atoms with van der Waals surface area (Å²) in [4.78, 5) is 39.0. The normalized spacial score (nSPS) is 13.5. The third-order valence-electron chi connectivity index (χ3n) is 5.18. The first kappa shape index (κ1) is 19.3. The fourth-order valence-corrected chi connectivity index (χ4v) is 5.09. The lowest BCUT2D eigenvalue weighted by molar-refractivity contribution is 0.100. The molecular formula is C21H22N4O3S. The number of fused-ring (bicyclic) bond motifs is 2. The molecule has 4 rings (SSSR count). The van der Waals surface area contributed by atoms with Gasteiger partial charge in [0.15, 0.2) is 5.69 Å². The molecule has 0 atom stereocenters. The number of hydrogen-bond donors (Lipinski definition) is 2. The van der Waals surface area contributed by atoms with Gasteiger partial charge in [0.2, 0.25) is 0 Å². The van der Waals surface area contributed by atoms with Gasteiger partial charge in [-0.05, 0) is 51.2 Å². The molecule has 3 aromatic rings. The number of nitrogens with one attached hydrogen (secondary N) is 1. The van der Waals surface area contributed by atoms with Gasteiger partial charge in [-0.3, -0.25) is 14.4 Å². The molecule has 2 aromatic heterocycles. The highest BCUT2D eigenvalue weighted by Crippen LogP contribution is 2.38. The number of aryl methyl sites for hydroxylation is 1. The first-order valence-electron chi connectivity index (χ1n) is 9.65. The van der Waals surface area contributed by atoms with Gasteiger partial charge >= 0.3 is 0 Å². The second-order valence-electron chi connectivity index (χ2n) is 7.47. The van der Waals surface area contributed by atoms with Gasteiger partial charge in [0.25, 0.3) is 17.4 Å². The van der Waals surface area contributed by atoms with Crippen LogP contribution >= 0.6 is 11.3 Å². The number of aromatic nitrogens is 2. The molecule has 8 heteroatoms. The van der Waals surface area contributed by atoms with Crippen molar-refractivity contribution >= 4 is 38.9 Å². The highest BCUT2D eigenvalue weighted by Gasteiger charge is 2.26. The van der Waals surface area contributed by atoms with E-state index in [1.165, 1.54) is 16.0 Å². The van der Waals surface area contributed by atoms with E-state index in [9.17, 15) is 14.4 Å². The summed E-state index contributed by atoms with van der Waals surface area (Å²) in [7, 11) is 0. The van der Waals surface area contributed by atoms with E-state index in [2.05, 4.69) is 10.4 Å². The van der Waals surface area contributed by atoms with Gasteiger partial charge in [0.1, 0.15) is 5.00 Å². The van der Waals surface area contributed by atoms with Crippen LogP contribution < -0.4 is 16.6 Å². The summed E-state index contributed by atoms with van der Waals surface area (Å²) in [6, 6.07) is 6.72. The number of carbonyl (C=O) groups is 2. The third kappa shape index (κ3) is 3.33. The predicted molar refractivity (Wildman–Crippen MR) is 114 cm³/mol. The Bertz CT molecular complexity index is 1190. The summed E-state index contributed by atoms with van der Waals surface area (Å²) in [5, 5.41) is 8.55. The Morgan fingerprint density at radius 1 is 1.17 bits per heavy atom. The molecule has 0 saturated heterocycles. The summed E-state index contributed by atoms with van der Waals surface area (Å²) < 4.78 is 1.31. The number of thiophene rings is 1. The quantitative estimate of drug-likeness (QED) is 0.688. The number of nitrogens with two attached hydrogens (primary N) is 1. The van der Waals surface area contributed by atoms with E-state index in [4.69, 9.17) is 5.73 Å². The lowest BCUT2D eigenvalue weighted by Crippen LogP contribution is -2.29. The number of nitrogens with zero attached hydrogens (tertiary/aromatic N) is 2. The van der Waals surface area contributed by atoms with Gasteiger partial charge < -0.3 is 11.1 Å².